The van der Waals surface area contributed by atoms with E-state index >= 15 is 0 Å². The first-order valence-corrected chi connectivity index (χ1v) is 10.5. The summed E-state index contributed by atoms with van der Waals surface area (Å²) in [4.78, 5) is 15.5. The molecule has 3 heterocycles. The normalized spacial score (nSPS) is 15.8. The smallest absolute Gasteiger partial charge is 0.191 e. The summed E-state index contributed by atoms with van der Waals surface area (Å²) >= 11 is 0. The lowest BCUT2D eigenvalue weighted by Crippen LogP contribution is -2.42. The molecule has 1 atom stereocenters. The lowest BCUT2D eigenvalue weighted by atomic mass is 10.1. The molecule has 7 nitrogen and oxygen atoms in total. The van der Waals surface area contributed by atoms with Crippen molar-refractivity contribution in [1.29, 1.82) is 0 Å². The Morgan fingerprint density at radius 2 is 1.93 bits per heavy atom. The summed E-state index contributed by atoms with van der Waals surface area (Å²) in [5, 5.41) is 6.95. The van der Waals surface area contributed by atoms with Gasteiger partial charge in [0.2, 0.25) is 0 Å². The van der Waals surface area contributed by atoms with E-state index in [0.29, 0.717) is 12.6 Å². The minimum absolute atomic E-state index is 0.348. The van der Waals surface area contributed by atoms with Crippen molar-refractivity contribution < 1.29 is 0 Å². The number of imidazole rings is 1. The van der Waals surface area contributed by atoms with E-state index in [9.17, 15) is 0 Å². The highest BCUT2D eigenvalue weighted by molar-refractivity contribution is 5.79. The van der Waals surface area contributed by atoms with Crippen LogP contribution in [0.25, 0.3) is 5.82 Å². The van der Waals surface area contributed by atoms with Gasteiger partial charge in [-0.2, -0.15) is 0 Å². The van der Waals surface area contributed by atoms with Gasteiger partial charge in [0.15, 0.2) is 5.96 Å². The predicted octanol–water partition coefficient (Wildman–Crippen LogP) is 2.77. The van der Waals surface area contributed by atoms with Gasteiger partial charge in [-0.25, -0.2) is 9.97 Å². The van der Waals surface area contributed by atoms with E-state index in [0.717, 1.165) is 37.0 Å². The van der Waals surface area contributed by atoms with Crippen molar-refractivity contribution in [3.05, 3.63) is 78.5 Å². The highest BCUT2D eigenvalue weighted by atomic mass is 15.2. The zero-order valence-electron chi connectivity index (χ0n) is 17.4. The second kappa shape index (κ2) is 10.0. The summed E-state index contributed by atoms with van der Waals surface area (Å²) in [5.74, 6) is 1.66. The summed E-state index contributed by atoms with van der Waals surface area (Å²) < 4.78 is 1.90. The third kappa shape index (κ3) is 5.04. The molecule has 0 saturated carbocycles. The molecular weight excluding hydrogens is 374 g/mol. The number of likely N-dealkylation sites (tertiary alicyclic amines) is 1. The number of pyridine rings is 1. The minimum atomic E-state index is 0.348. The van der Waals surface area contributed by atoms with Gasteiger partial charge < -0.3 is 10.6 Å². The maximum Gasteiger partial charge on any atom is 0.191 e. The number of nitrogens with zero attached hydrogens (tertiary/aromatic N) is 5. The van der Waals surface area contributed by atoms with Crippen molar-refractivity contribution in [2.75, 3.05) is 26.7 Å². The second-order valence-electron chi connectivity index (χ2n) is 7.47. The molecule has 2 N–H and O–H groups in total. The monoisotopic (exact) mass is 403 g/mol. The highest BCUT2D eigenvalue weighted by Gasteiger charge is 2.23. The number of aliphatic imine (C=N–C) groups is 1. The van der Waals surface area contributed by atoms with Crippen LogP contribution in [0.5, 0.6) is 0 Å². The Hall–Kier alpha value is -3.19. The Morgan fingerprint density at radius 3 is 2.67 bits per heavy atom. The van der Waals surface area contributed by atoms with E-state index in [1.807, 2.05) is 30.1 Å². The third-order valence-corrected chi connectivity index (χ3v) is 5.49. The molecule has 1 fully saturated rings. The molecule has 0 spiro atoms. The lowest BCUT2D eigenvalue weighted by molar-refractivity contribution is 0.245. The average Bonchev–Trinajstić information content (AvgIpc) is 3.52. The molecule has 30 heavy (non-hydrogen) atoms. The molecule has 1 aliphatic heterocycles. The van der Waals surface area contributed by atoms with Gasteiger partial charge in [0, 0.05) is 38.7 Å². The molecule has 0 bridgehead atoms. The van der Waals surface area contributed by atoms with Gasteiger partial charge in [-0.1, -0.05) is 30.3 Å². The zero-order chi connectivity index (χ0) is 20.6. The van der Waals surface area contributed by atoms with Gasteiger partial charge in [-0.05, 0) is 49.2 Å². The number of benzene rings is 1. The molecule has 1 unspecified atom stereocenters. The first-order valence-electron chi connectivity index (χ1n) is 10.5. The van der Waals surface area contributed by atoms with Crippen LogP contribution in [-0.4, -0.2) is 52.1 Å². The van der Waals surface area contributed by atoms with Gasteiger partial charge in [-0.15, -0.1) is 0 Å². The first-order chi connectivity index (χ1) is 14.8. The fourth-order valence-corrected chi connectivity index (χ4v) is 3.89. The van der Waals surface area contributed by atoms with Crippen molar-refractivity contribution in [3.8, 4) is 5.82 Å². The largest absolute Gasteiger partial charge is 0.354 e. The Labute approximate surface area is 177 Å². The van der Waals surface area contributed by atoms with Crippen LogP contribution >= 0.6 is 0 Å². The van der Waals surface area contributed by atoms with Gasteiger partial charge in [0.1, 0.15) is 12.1 Å². The summed E-state index contributed by atoms with van der Waals surface area (Å²) in [6.45, 7) is 3.80. The van der Waals surface area contributed by atoms with E-state index in [1.165, 1.54) is 18.4 Å². The highest BCUT2D eigenvalue weighted by Crippen LogP contribution is 2.24. The van der Waals surface area contributed by atoms with Gasteiger partial charge in [-0.3, -0.25) is 14.5 Å². The zero-order valence-corrected chi connectivity index (χ0v) is 17.4. The average molecular weight is 404 g/mol. The van der Waals surface area contributed by atoms with Crippen LogP contribution in [0.1, 0.15) is 30.0 Å². The molecule has 0 radical (unpaired) electrons. The van der Waals surface area contributed by atoms with E-state index in [2.05, 4.69) is 66.9 Å². The third-order valence-electron chi connectivity index (χ3n) is 5.49. The summed E-state index contributed by atoms with van der Waals surface area (Å²) in [7, 11) is 1.81. The Balaban J connectivity index is 1.37. The van der Waals surface area contributed by atoms with Crippen LogP contribution in [0.15, 0.2) is 72.4 Å². The quantitative estimate of drug-likeness (QED) is 0.469. The number of guanidine groups is 1. The maximum atomic E-state index is 4.41. The number of hydrogen-bond donors (Lipinski definition) is 2. The molecule has 3 aromatic rings. The maximum absolute atomic E-state index is 4.41. The summed E-state index contributed by atoms with van der Waals surface area (Å²) in [5.41, 5.74) is 2.48. The number of hydrogen-bond acceptors (Lipinski definition) is 4. The predicted molar refractivity (Wildman–Crippen MR) is 120 cm³/mol. The standard InChI is InChI=1S/C23H29N7/c1-24-23(27-16-19-9-10-26-22(15-19)30-14-11-25-18-30)28-17-21(29-12-5-6-13-29)20-7-3-2-4-8-20/h2-4,7-11,14-15,18,21H,5-6,12-13,16-17H2,1H3,(H2,24,27,28). The van der Waals surface area contributed by atoms with E-state index in [4.69, 9.17) is 0 Å². The lowest BCUT2D eigenvalue weighted by Gasteiger charge is -2.29. The van der Waals surface area contributed by atoms with Crippen LogP contribution in [-0.2, 0) is 6.54 Å². The van der Waals surface area contributed by atoms with Crippen LogP contribution in [0.3, 0.4) is 0 Å². The molecule has 7 heteroatoms. The van der Waals surface area contributed by atoms with Crippen molar-refractivity contribution >= 4 is 5.96 Å². The summed E-state index contributed by atoms with van der Waals surface area (Å²) in [6.07, 6.45) is 9.77. The number of aromatic nitrogens is 3. The molecule has 156 valence electrons. The van der Waals surface area contributed by atoms with Gasteiger partial charge >= 0.3 is 0 Å². The van der Waals surface area contributed by atoms with Crippen molar-refractivity contribution in [1.82, 2.24) is 30.1 Å². The molecule has 1 aliphatic rings. The van der Waals surface area contributed by atoms with Crippen LogP contribution < -0.4 is 10.6 Å². The summed E-state index contributed by atoms with van der Waals surface area (Å²) in [6, 6.07) is 15.2. The molecular formula is C23H29N7. The molecule has 2 aromatic heterocycles. The Kier molecular flexibility index (Phi) is 6.72. The molecule has 4 rings (SSSR count). The van der Waals surface area contributed by atoms with Crippen LogP contribution in [0.2, 0.25) is 0 Å². The molecule has 1 aromatic carbocycles. The SMILES string of the molecule is CN=C(NCc1ccnc(-n2ccnc2)c1)NCC(c1ccccc1)N1CCCC1. The topological polar surface area (TPSA) is 70.4 Å². The van der Waals surface area contributed by atoms with Crippen LogP contribution in [0.4, 0.5) is 0 Å². The molecule has 1 saturated heterocycles. The fourth-order valence-electron chi connectivity index (χ4n) is 3.89. The van der Waals surface area contributed by atoms with Crippen LogP contribution in [0, 0.1) is 0 Å². The second-order valence-corrected chi connectivity index (χ2v) is 7.47. The van der Waals surface area contributed by atoms with Gasteiger partial charge in [0.25, 0.3) is 0 Å². The van der Waals surface area contributed by atoms with Crippen molar-refractivity contribution in [3.63, 3.8) is 0 Å². The number of nitrogens with one attached hydrogen (secondary N) is 2. The molecule has 0 aliphatic carbocycles. The minimum Gasteiger partial charge on any atom is -0.354 e. The van der Waals surface area contributed by atoms with Crippen molar-refractivity contribution in [2.45, 2.75) is 25.4 Å². The fraction of sp³-hybridized carbons (Fsp3) is 0.348. The first kappa shape index (κ1) is 20.1. The molecule has 0 amide bonds. The Morgan fingerprint density at radius 1 is 1.10 bits per heavy atom. The van der Waals surface area contributed by atoms with E-state index < -0.39 is 0 Å². The number of rotatable bonds is 7. The van der Waals surface area contributed by atoms with Gasteiger partial charge in [0.05, 0.1) is 6.04 Å². The van der Waals surface area contributed by atoms with E-state index in [-0.39, 0.29) is 0 Å². The Bertz CT molecular complexity index is 931. The van der Waals surface area contributed by atoms with E-state index in [1.54, 1.807) is 12.5 Å². The van der Waals surface area contributed by atoms with Crippen molar-refractivity contribution in [2.24, 2.45) is 4.99 Å².